The van der Waals surface area contributed by atoms with Crippen molar-refractivity contribution in [2.75, 3.05) is 5.94 Å². The number of primary amides is 1. The van der Waals surface area contributed by atoms with Gasteiger partial charge in [0.05, 0.1) is 5.56 Å². The van der Waals surface area contributed by atoms with Gasteiger partial charge < -0.3 is 19.8 Å². The first kappa shape index (κ1) is 23.7. The maximum Gasteiger partial charge on any atom is 0.326 e. The van der Waals surface area contributed by atoms with Crippen LogP contribution in [0.1, 0.15) is 51.9 Å². The van der Waals surface area contributed by atoms with Crippen LogP contribution in [-0.4, -0.2) is 41.9 Å². The molecule has 166 valence electrons. The molecule has 10 heteroatoms. The maximum absolute atomic E-state index is 12.2. The van der Waals surface area contributed by atoms with Crippen LogP contribution in [0.15, 0.2) is 24.4 Å². The van der Waals surface area contributed by atoms with Crippen molar-refractivity contribution in [1.29, 1.82) is 0 Å². The van der Waals surface area contributed by atoms with E-state index in [2.05, 4.69) is 4.72 Å². The number of nitrogens with zero attached hydrogens (tertiary/aromatic N) is 1. The van der Waals surface area contributed by atoms with E-state index in [0.717, 1.165) is 0 Å². The molecule has 3 N–H and O–H groups in total. The third-order valence-corrected chi connectivity index (χ3v) is 5.03. The smallest absolute Gasteiger partial charge is 0.326 e. The highest BCUT2D eigenvalue weighted by molar-refractivity contribution is 7.89. The van der Waals surface area contributed by atoms with Crippen molar-refractivity contribution in [2.45, 2.75) is 59.2 Å². The van der Waals surface area contributed by atoms with Crippen LogP contribution >= 0.6 is 0 Å². The van der Waals surface area contributed by atoms with E-state index in [4.69, 9.17) is 15.2 Å². The molecule has 1 amide bonds. The fourth-order valence-corrected chi connectivity index (χ4v) is 4.13. The van der Waals surface area contributed by atoms with Gasteiger partial charge in [0.2, 0.25) is 16.0 Å². The molecule has 9 nitrogen and oxygen atoms in total. The Hall–Kier alpha value is -2.59. The Kier molecular flexibility index (Phi) is 6.53. The number of nitrogens with two attached hydrogens (primary N) is 1. The topological polar surface area (TPSA) is 130 Å². The van der Waals surface area contributed by atoms with E-state index in [-0.39, 0.29) is 17.9 Å². The fourth-order valence-electron chi connectivity index (χ4n) is 2.85. The number of hydrogen-bond acceptors (Lipinski definition) is 6. The predicted octanol–water partition coefficient (Wildman–Crippen LogP) is 2.14. The maximum atomic E-state index is 12.2. The zero-order valence-electron chi connectivity index (χ0n) is 18.1. The molecule has 0 bridgehead atoms. The number of aromatic nitrogens is 1. The normalized spacial score (nSPS) is 12.7. The molecule has 0 saturated carbocycles. The minimum absolute atomic E-state index is 0.106. The van der Waals surface area contributed by atoms with E-state index < -0.39 is 39.0 Å². The SMILES string of the molecule is CC(C)(C)NS(=O)(=O)COc1ccc2c(c1)c(C(N)=O)cn2CC(=O)OC(C)(C)C. The lowest BCUT2D eigenvalue weighted by Crippen LogP contribution is -2.42. The Bertz CT molecular complexity index is 1060. The van der Waals surface area contributed by atoms with E-state index in [1.54, 1.807) is 58.2 Å². The average molecular weight is 440 g/mol. The summed E-state index contributed by atoms with van der Waals surface area (Å²) in [5, 5.41) is 0.449. The van der Waals surface area contributed by atoms with Crippen LogP contribution in [0.4, 0.5) is 0 Å². The van der Waals surface area contributed by atoms with E-state index in [0.29, 0.717) is 10.9 Å². The summed E-state index contributed by atoms with van der Waals surface area (Å²) in [5.41, 5.74) is 4.96. The van der Waals surface area contributed by atoms with Crippen molar-refractivity contribution in [2.24, 2.45) is 5.73 Å². The van der Waals surface area contributed by atoms with E-state index in [9.17, 15) is 18.0 Å². The monoisotopic (exact) mass is 439 g/mol. The standard InChI is InChI=1S/C20H29N3O6S/c1-19(2,3)22-30(26,27)12-28-13-7-8-16-14(9-13)15(18(21)25)10-23(16)11-17(24)29-20(4,5)6/h7-10,22H,11-12H2,1-6H3,(H2,21,25). The van der Waals surface area contributed by atoms with Crippen molar-refractivity contribution in [3.63, 3.8) is 0 Å². The number of sulfonamides is 1. The van der Waals surface area contributed by atoms with Gasteiger partial charge in [-0.1, -0.05) is 0 Å². The molecule has 0 aliphatic heterocycles. The highest BCUT2D eigenvalue weighted by atomic mass is 32.2. The summed E-state index contributed by atoms with van der Waals surface area (Å²) in [4.78, 5) is 24.1. The van der Waals surface area contributed by atoms with Gasteiger partial charge >= 0.3 is 5.97 Å². The third-order valence-electron chi connectivity index (χ3n) is 3.68. The first-order valence-corrected chi connectivity index (χ1v) is 11.0. The molecular weight excluding hydrogens is 410 g/mol. The number of nitrogens with one attached hydrogen (secondary N) is 1. The van der Waals surface area contributed by atoms with Crippen LogP contribution in [-0.2, 0) is 26.1 Å². The van der Waals surface area contributed by atoms with Crippen LogP contribution in [0, 0.1) is 0 Å². The van der Waals surface area contributed by atoms with Crippen molar-refractivity contribution < 1.29 is 27.5 Å². The van der Waals surface area contributed by atoms with Gasteiger partial charge in [-0.25, -0.2) is 13.1 Å². The van der Waals surface area contributed by atoms with Crippen LogP contribution in [0.5, 0.6) is 5.75 Å². The first-order chi connectivity index (χ1) is 13.6. The van der Waals surface area contributed by atoms with Gasteiger partial charge in [-0.3, -0.25) is 9.59 Å². The Morgan fingerprint density at radius 3 is 2.30 bits per heavy atom. The third kappa shape index (κ3) is 6.74. The van der Waals surface area contributed by atoms with E-state index >= 15 is 0 Å². The molecule has 0 atom stereocenters. The van der Waals surface area contributed by atoms with Gasteiger partial charge in [-0.05, 0) is 59.7 Å². The fraction of sp³-hybridized carbons (Fsp3) is 0.500. The number of benzene rings is 1. The van der Waals surface area contributed by atoms with Crippen molar-refractivity contribution in [3.8, 4) is 5.75 Å². The number of amides is 1. The zero-order chi connectivity index (χ0) is 22.9. The Balaban J connectivity index is 2.30. The number of fused-ring (bicyclic) bond motifs is 1. The molecule has 0 aliphatic rings. The summed E-state index contributed by atoms with van der Waals surface area (Å²) in [5.74, 6) is -1.48. The van der Waals surface area contributed by atoms with Crippen molar-refractivity contribution in [3.05, 3.63) is 30.0 Å². The van der Waals surface area contributed by atoms with Crippen LogP contribution in [0.25, 0.3) is 10.9 Å². The molecule has 0 spiro atoms. The van der Waals surface area contributed by atoms with Crippen LogP contribution < -0.4 is 15.2 Å². The zero-order valence-corrected chi connectivity index (χ0v) is 18.9. The largest absolute Gasteiger partial charge is 0.476 e. The van der Waals surface area contributed by atoms with Gasteiger partial charge in [0, 0.05) is 22.6 Å². The Morgan fingerprint density at radius 2 is 1.77 bits per heavy atom. The Morgan fingerprint density at radius 1 is 1.13 bits per heavy atom. The number of ether oxygens (including phenoxy) is 2. The van der Waals surface area contributed by atoms with Gasteiger partial charge in [0.15, 0.2) is 0 Å². The highest BCUT2D eigenvalue weighted by Crippen LogP contribution is 2.26. The number of rotatable bonds is 7. The summed E-state index contributed by atoms with van der Waals surface area (Å²) in [6.45, 7) is 10.4. The van der Waals surface area contributed by atoms with E-state index in [1.807, 2.05) is 0 Å². The minimum atomic E-state index is -3.68. The number of esters is 1. The molecule has 2 aromatic rings. The first-order valence-electron chi connectivity index (χ1n) is 9.35. The molecule has 0 radical (unpaired) electrons. The molecule has 2 rings (SSSR count). The van der Waals surface area contributed by atoms with Crippen LogP contribution in [0.3, 0.4) is 0 Å². The van der Waals surface area contributed by atoms with Gasteiger partial charge in [-0.15, -0.1) is 0 Å². The highest BCUT2D eigenvalue weighted by Gasteiger charge is 2.22. The number of carbonyl (C=O) groups is 2. The lowest BCUT2D eigenvalue weighted by Gasteiger charge is -2.20. The summed E-state index contributed by atoms with van der Waals surface area (Å²) < 4.78 is 39.1. The lowest BCUT2D eigenvalue weighted by atomic mass is 10.1. The Labute approximate surface area is 176 Å². The minimum Gasteiger partial charge on any atom is -0.476 e. The molecule has 0 unspecified atom stereocenters. The van der Waals surface area contributed by atoms with Crippen molar-refractivity contribution in [1.82, 2.24) is 9.29 Å². The number of carbonyl (C=O) groups excluding carboxylic acids is 2. The van der Waals surface area contributed by atoms with Crippen LogP contribution in [0.2, 0.25) is 0 Å². The second-order valence-electron chi connectivity index (χ2n) is 9.03. The summed E-state index contributed by atoms with van der Waals surface area (Å²) >= 11 is 0. The molecule has 0 fully saturated rings. The molecule has 0 aliphatic carbocycles. The summed E-state index contributed by atoms with van der Waals surface area (Å²) in [6.07, 6.45) is 1.47. The summed E-state index contributed by atoms with van der Waals surface area (Å²) in [6, 6.07) is 4.71. The molecule has 1 heterocycles. The average Bonchev–Trinajstić information content (AvgIpc) is 2.87. The molecule has 30 heavy (non-hydrogen) atoms. The lowest BCUT2D eigenvalue weighted by molar-refractivity contribution is -0.155. The quantitative estimate of drug-likeness (QED) is 0.636. The van der Waals surface area contributed by atoms with Crippen molar-refractivity contribution >= 4 is 32.8 Å². The van der Waals surface area contributed by atoms with Gasteiger partial charge in [0.1, 0.15) is 17.9 Å². The predicted molar refractivity (Wildman–Crippen MR) is 114 cm³/mol. The molecule has 1 aromatic heterocycles. The second-order valence-corrected chi connectivity index (χ2v) is 10.7. The second kappa shape index (κ2) is 8.27. The van der Waals surface area contributed by atoms with Gasteiger partial charge in [-0.2, -0.15) is 0 Å². The molecule has 0 saturated heterocycles. The summed E-state index contributed by atoms with van der Waals surface area (Å²) in [7, 11) is -3.68. The number of hydrogen-bond donors (Lipinski definition) is 2. The molecule has 1 aromatic carbocycles. The van der Waals surface area contributed by atoms with Gasteiger partial charge in [0.25, 0.3) is 5.91 Å². The van der Waals surface area contributed by atoms with E-state index in [1.165, 1.54) is 12.3 Å². The molecular formula is C20H29N3O6S.